The predicted molar refractivity (Wildman–Crippen MR) is 309 cm³/mol. The van der Waals surface area contributed by atoms with Crippen molar-refractivity contribution in [2.45, 2.75) is 0 Å². The first kappa shape index (κ1) is 41.4. The number of furan rings is 1. The molecule has 348 valence electrons. The molecule has 16 rings (SSSR count). The van der Waals surface area contributed by atoms with Gasteiger partial charge < -0.3 is 13.4 Å². The zero-order chi connectivity index (χ0) is 49.1. The van der Waals surface area contributed by atoms with Crippen LogP contribution >= 0.6 is 0 Å². The van der Waals surface area contributed by atoms with Crippen LogP contribution in [-0.4, -0.2) is 23.9 Å². The Kier molecular flexibility index (Phi) is 8.94. The van der Waals surface area contributed by atoms with E-state index in [1.54, 1.807) is 0 Å². The molecule has 6 nitrogen and oxygen atoms in total. The lowest BCUT2D eigenvalue weighted by Gasteiger charge is -2.13. The van der Waals surface area contributed by atoms with Crippen molar-refractivity contribution in [1.82, 2.24) is 23.9 Å². The molecule has 0 amide bonds. The van der Waals surface area contributed by atoms with Crippen LogP contribution in [0.3, 0.4) is 0 Å². The Bertz CT molecular complexity index is 4930. The number of para-hydroxylation sites is 4. The SMILES string of the molecule is c1ccc(-c2ccc(-c3nc(-c4cccc(-c5cccc(-c6cccc7c8cccc9oc%10ccc%11c%12ccccc%12n(c67)c%11c%10c98)c5)c4)nc(-c4cccc5c4c4ccccc4n5-c4ccccc4)n3)cc2)cc1. The van der Waals surface area contributed by atoms with Gasteiger partial charge >= 0.3 is 0 Å². The van der Waals surface area contributed by atoms with Crippen molar-refractivity contribution in [1.29, 1.82) is 0 Å². The number of hydrogen-bond acceptors (Lipinski definition) is 4. The van der Waals surface area contributed by atoms with Gasteiger partial charge in [0.2, 0.25) is 0 Å². The minimum Gasteiger partial charge on any atom is -0.456 e. The van der Waals surface area contributed by atoms with Crippen molar-refractivity contribution in [3.05, 3.63) is 249 Å². The average molecular weight is 956 g/mol. The maximum atomic E-state index is 6.56. The first-order chi connectivity index (χ1) is 37.2. The average Bonchev–Trinajstić information content (AvgIpc) is 4.24. The lowest BCUT2D eigenvalue weighted by Crippen LogP contribution is -2.01. The molecule has 0 aliphatic heterocycles. The summed E-state index contributed by atoms with van der Waals surface area (Å²) >= 11 is 0. The Labute approximate surface area is 430 Å². The quantitative estimate of drug-likeness (QED) is 0.160. The zero-order valence-corrected chi connectivity index (χ0v) is 40.3. The maximum Gasteiger partial charge on any atom is 0.164 e. The van der Waals surface area contributed by atoms with Gasteiger partial charge in [-0.2, -0.15) is 0 Å². The number of aromatic nitrogens is 5. The zero-order valence-electron chi connectivity index (χ0n) is 40.3. The molecule has 16 aromatic rings. The largest absolute Gasteiger partial charge is 0.456 e. The smallest absolute Gasteiger partial charge is 0.164 e. The maximum absolute atomic E-state index is 6.56. The van der Waals surface area contributed by atoms with Crippen molar-refractivity contribution in [2.24, 2.45) is 0 Å². The molecular formula is C69H41N5O. The highest BCUT2D eigenvalue weighted by Gasteiger charge is 2.24. The third-order valence-electron chi connectivity index (χ3n) is 15.3. The van der Waals surface area contributed by atoms with Crippen LogP contribution in [0.5, 0.6) is 0 Å². The second kappa shape index (κ2) is 16.2. The summed E-state index contributed by atoms with van der Waals surface area (Å²) in [7, 11) is 0. The number of fused-ring (bicyclic) bond motifs is 9. The minimum absolute atomic E-state index is 0.599. The summed E-state index contributed by atoms with van der Waals surface area (Å²) in [5, 5.41) is 9.33. The molecule has 5 heterocycles. The standard InChI is InChI=1S/C69H41N5O/c1-3-16-42(17-4-1)43-34-36-44(37-35-43)67-70-68(72-69(71-67)56-29-14-32-59-62(56)55-25-8-10-31-58(55)73(59)49-22-5-2-6-23-49)48-21-12-19-46(41-48)45-18-11-20-47(40-45)50-26-13-28-53-52-27-15-33-60-63(52)64-61(75-60)39-38-54-51-24-7-9-30-57(51)74(65(50)53)66(54)64/h1-41H. The normalized spacial score (nSPS) is 12.0. The van der Waals surface area contributed by atoms with Crippen LogP contribution in [0, 0.1) is 0 Å². The van der Waals surface area contributed by atoms with E-state index in [2.05, 4.69) is 252 Å². The van der Waals surface area contributed by atoms with E-state index >= 15 is 0 Å². The van der Waals surface area contributed by atoms with Crippen LogP contribution in [0.2, 0.25) is 0 Å². The highest BCUT2D eigenvalue weighted by molar-refractivity contribution is 6.32. The lowest BCUT2D eigenvalue weighted by atomic mass is 9.95. The molecular weight excluding hydrogens is 915 g/mol. The fourth-order valence-electron chi connectivity index (χ4n) is 12.0. The molecule has 0 saturated heterocycles. The van der Waals surface area contributed by atoms with E-state index in [0.29, 0.717) is 17.5 Å². The summed E-state index contributed by atoms with van der Waals surface area (Å²) in [6.45, 7) is 0. The minimum atomic E-state index is 0.599. The van der Waals surface area contributed by atoms with Crippen LogP contribution in [0.4, 0.5) is 0 Å². The second-order valence-electron chi connectivity index (χ2n) is 19.5. The molecule has 75 heavy (non-hydrogen) atoms. The lowest BCUT2D eigenvalue weighted by molar-refractivity contribution is 0.669. The molecule has 0 N–H and O–H groups in total. The molecule has 0 aliphatic carbocycles. The summed E-state index contributed by atoms with van der Waals surface area (Å²) in [4.78, 5) is 16.0. The fourth-order valence-corrected chi connectivity index (χ4v) is 12.0. The van der Waals surface area contributed by atoms with E-state index in [-0.39, 0.29) is 0 Å². The van der Waals surface area contributed by atoms with Crippen LogP contribution in [-0.2, 0) is 0 Å². The molecule has 0 unspecified atom stereocenters. The Morgan fingerprint density at radius 1 is 0.280 bits per heavy atom. The summed E-state index contributed by atoms with van der Waals surface area (Å²) in [5.41, 5.74) is 18.1. The monoisotopic (exact) mass is 955 g/mol. The molecule has 5 aromatic heterocycles. The highest BCUT2D eigenvalue weighted by Crippen LogP contribution is 2.46. The van der Waals surface area contributed by atoms with Crippen molar-refractivity contribution in [3.63, 3.8) is 0 Å². The van der Waals surface area contributed by atoms with E-state index in [0.717, 1.165) is 105 Å². The molecule has 0 saturated carbocycles. The first-order valence-electron chi connectivity index (χ1n) is 25.4. The molecule has 6 heteroatoms. The van der Waals surface area contributed by atoms with Gasteiger partial charge in [0.05, 0.1) is 33.0 Å². The number of hydrogen-bond donors (Lipinski definition) is 0. The highest BCUT2D eigenvalue weighted by atomic mass is 16.3. The van der Waals surface area contributed by atoms with Gasteiger partial charge in [0.1, 0.15) is 11.2 Å². The van der Waals surface area contributed by atoms with Gasteiger partial charge in [0, 0.05) is 60.3 Å². The summed E-state index contributed by atoms with van der Waals surface area (Å²) in [6, 6.07) is 88.5. The number of benzene rings is 11. The molecule has 0 aliphatic rings. The topological polar surface area (TPSA) is 61.1 Å². The van der Waals surface area contributed by atoms with Gasteiger partial charge in [-0.25, -0.2) is 15.0 Å². The predicted octanol–water partition coefficient (Wildman–Crippen LogP) is 18.0. The Morgan fingerprint density at radius 3 is 1.64 bits per heavy atom. The van der Waals surface area contributed by atoms with Crippen molar-refractivity contribution < 1.29 is 4.42 Å². The third kappa shape index (κ3) is 6.30. The van der Waals surface area contributed by atoms with Crippen LogP contribution in [0.25, 0.3) is 155 Å². The van der Waals surface area contributed by atoms with Gasteiger partial charge in [-0.3, -0.25) is 0 Å². The Hall–Kier alpha value is -10.2. The van der Waals surface area contributed by atoms with Gasteiger partial charge in [-0.15, -0.1) is 0 Å². The fraction of sp³-hybridized carbons (Fsp3) is 0. The summed E-state index contributed by atoms with van der Waals surface area (Å²) < 4.78 is 11.4. The van der Waals surface area contributed by atoms with Crippen molar-refractivity contribution in [2.75, 3.05) is 0 Å². The number of rotatable bonds is 7. The Balaban J connectivity index is 0.878. The van der Waals surface area contributed by atoms with E-state index in [9.17, 15) is 0 Å². The van der Waals surface area contributed by atoms with Crippen LogP contribution < -0.4 is 0 Å². The van der Waals surface area contributed by atoms with Gasteiger partial charge in [-0.1, -0.05) is 188 Å². The molecule has 0 atom stereocenters. The second-order valence-corrected chi connectivity index (χ2v) is 19.5. The van der Waals surface area contributed by atoms with E-state index < -0.39 is 0 Å². The first-order valence-corrected chi connectivity index (χ1v) is 25.4. The van der Waals surface area contributed by atoms with Crippen molar-refractivity contribution in [3.8, 4) is 73.2 Å². The van der Waals surface area contributed by atoms with E-state index in [1.165, 1.54) is 32.6 Å². The molecule has 0 spiro atoms. The number of nitrogens with zero attached hydrogens (tertiary/aromatic N) is 5. The Morgan fingerprint density at radius 2 is 0.813 bits per heavy atom. The molecule has 0 bridgehead atoms. The summed E-state index contributed by atoms with van der Waals surface area (Å²) in [5.74, 6) is 1.82. The molecule has 0 radical (unpaired) electrons. The van der Waals surface area contributed by atoms with E-state index in [1.807, 2.05) is 6.07 Å². The van der Waals surface area contributed by atoms with Gasteiger partial charge in [-0.05, 0) is 93.9 Å². The molecule has 0 fully saturated rings. The van der Waals surface area contributed by atoms with Gasteiger partial charge in [0.25, 0.3) is 0 Å². The van der Waals surface area contributed by atoms with Gasteiger partial charge in [0.15, 0.2) is 17.5 Å². The molecule has 11 aromatic carbocycles. The van der Waals surface area contributed by atoms with Crippen LogP contribution in [0.1, 0.15) is 0 Å². The van der Waals surface area contributed by atoms with E-state index in [4.69, 9.17) is 19.4 Å². The van der Waals surface area contributed by atoms with Crippen LogP contribution in [0.15, 0.2) is 253 Å². The third-order valence-corrected chi connectivity index (χ3v) is 15.3. The summed E-state index contributed by atoms with van der Waals surface area (Å²) in [6.07, 6.45) is 0. The van der Waals surface area contributed by atoms with Crippen molar-refractivity contribution >= 4 is 81.8 Å².